The molecule has 1 aromatic heterocycles. The van der Waals surface area contributed by atoms with Crippen LogP contribution >= 0.6 is 0 Å². The maximum Gasteiger partial charge on any atom is 0.353 e. The molecule has 8 nitrogen and oxygen atoms in total. The number of ether oxygens (including phenoxy) is 1. The Bertz CT molecular complexity index is 561. The fourth-order valence-electron chi connectivity index (χ4n) is 1.62. The van der Waals surface area contributed by atoms with Crippen LogP contribution < -0.4 is 4.72 Å². The lowest BCUT2D eigenvalue weighted by Crippen LogP contribution is -2.33. The summed E-state index contributed by atoms with van der Waals surface area (Å²) in [6, 6.07) is 1.13. The molecule has 1 fully saturated rings. The van der Waals surface area contributed by atoms with Gasteiger partial charge in [0.05, 0.1) is 6.61 Å². The predicted molar refractivity (Wildman–Crippen MR) is 61.9 cm³/mol. The molecule has 18 heavy (non-hydrogen) atoms. The molecule has 2 rings (SSSR count). The number of aromatic nitrogens is 2. The summed E-state index contributed by atoms with van der Waals surface area (Å²) in [5, 5.41) is 14.5. The van der Waals surface area contributed by atoms with E-state index in [4.69, 9.17) is 9.84 Å². The lowest BCUT2D eigenvalue weighted by molar-refractivity contribution is 0.0690. The average Bonchev–Trinajstić information content (AvgIpc) is 2.92. The number of aromatic carboxylic acids is 1. The molecule has 0 aliphatic heterocycles. The van der Waals surface area contributed by atoms with Crippen molar-refractivity contribution in [2.45, 2.75) is 17.6 Å². The van der Waals surface area contributed by atoms with Crippen molar-refractivity contribution in [3.63, 3.8) is 0 Å². The van der Waals surface area contributed by atoms with Crippen LogP contribution in [0.25, 0.3) is 0 Å². The summed E-state index contributed by atoms with van der Waals surface area (Å²) in [6.07, 6.45) is 1.04. The van der Waals surface area contributed by atoms with Gasteiger partial charge in [-0.1, -0.05) is 0 Å². The zero-order valence-corrected chi connectivity index (χ0v) is 10.5. The fourth-order valence-corrected chi connectivity index (χ4v) is 3.13. The van der Waals surface area contributed by atoms with Gasteiger partial charge >= 0.3 is 5.97 Å². The zero-order valence-electron chi connectivity index (χ0n) is 9.63. The number of rotatable bonds is 6. The number of nitrogens with zero attached hydrogens (tertiary/aromatic N) is 1. The predicted octanol–water partition coefficient (Wildman–Crippen LogP) is 0.0286. The second-order valence-corrected chi connectivity index (χ2v) is 6.27. The number of carboxylic acid groups (broad SMARTS) is 1. The van der Waals surface area contributed by atoms with Crippen LogP contribution in [-0.4, -0.2) is 48.2 Å². The van der Waals surface area contributed by atoms with Crippen LogP contribution in [0.2, 0.25) is 0 Å². The molecule has 9 heteroatoms. The second kappa shape index (κ2) is 4.25. The summed E-state index contributed by atoms with van der Waals surface area (Å²) >= 11 is 0. The van der Waals surface area contributed by atoms with E-state index in [-0.39, 0.29) is 18.1 Å². The first-order valence-electron chi connectivity index (χ1n) is 5.20. The zero-order chi connectivity index (χ0) is 13.4. The van der Waals surface area contributed by atoms with Gasteiger partial charge < -0.3 is 9.84 Å². The lowest BCUT2D eigenvalue weighted by atomic mass is 10.4. The Hall–Kier alpha value is -1.61. The van der Waals surface area contributed by atoms with E-state index in [1.54, 1.807) is 0 Å². The Morgan fingerprint density at radius 1 is 1.67 bits per heavy atom. The van der Waals surface area contributed by atoms with Gasteiger partial charge in [0.2, 0.25) is 10.0 Å². The molecule has 100 valence electrons. The molecular weight excluding hydrogens is 262 g/mol. The number of nitrogens with one attached hydrogen (secondary N) is 2. The number of hydrogen-bond donors (Lipinski definition) is 3. The topological polar surface area (TPSA) is 121 Å². The highest BCUT2D eigenvalue weighted by Gasteiger charge is 2.55. The number of anilines is 1. The van der Waals surface area contributed by atoms with Gasteiger partial charge in [-0.05, 0) is 12.8 Å². The summed E-state index contributed by atoms with van der Waals surface area (Å²) in [4.78, 5) is 10.6. The quantitative estimate of drug-likeness (QED) is 0.673. The number of aromatic amines is 1. The second-order valence-electron chi connectivity index (χ2n) is 4.19. The molecule has 3 N–H and O–H groups in total. The third kappa shape index (κ3) is 2.18. The number of hydrogen-bond acceptors (Lipinski definition) is 5. The Kier molecular flexibility index (Phi) is 3.03. The SMILES string of the molecule is COCC1(S(=O)(=O)Nc2cc(C(=O)O)[nH]n2)CC1. The van der Waals surface area contributed by atoms with Gasteiger partial charge in [0.15, 0.2) is 5.82 Å². The highest BCUT2D eigenvalue weighted by Crippen LogP contribution is 2.44. The summed E-state index contributed by atoms with van der Waals surface area (Å²) in [7, 11) is -2.19. The number of carboxylic acids is 1. The highest BCUT2D eigenvalue weighted by molar-refractivity contribution is 7.94. The number of H-pyrrole nitrogens is 1. The van der Waals surface area contributed by atoms with Gasteiger partial charge in [0, 0.05) is 13.2 Å². The van der Waals surface area contributed by atoms with Crippen molar-refractivity contribution in [1.82, 2.24) is 10.2 Å². The smallest absolute Gasteiger partial charge is 0.353 e. The standard InChI is InChI=1S/C9H13N3O5S/c1-17-5-9(2-3-9)18(15,16)12-7-4-6(8(13)14)10-11-7/h4H,2-3,5H2,1H3,(H,13,14)(H2,10,11,12). The highest BCUT2D eigenvalue weighted by atomic mass is 32.2. The molecule has 0 aromatic carbocycles. The number of methoxy groups -OCH3 is 1. The molecule has 0 radical (unpaired) electrons. The van der Waals surface area contributed by atoms with E-state index in [9.17, 15) is 13.2 Å². The minimum atomic E-state index is -3.63. The van der Waals surface area contributed by atoms with Crippen LogP contribution in [0.3, 0.4) is 0 Å². The summed E-state index contributed by atoms with van der Waals surface area (Å²) in [5.41, 5.74) is -0.177. The fraction of sp³-hybridized carbons (Fsp3) is 0.556. The van der Waals surface area contributed by atoms with Crippen molar-refractivity contribution in [2.24, 2.45) is 0 Å². The van der Waals surface area contributed by atoms with Crippen LogP contribution in [0.5, 0.6) is 0 Å². The molecule has 0 amide bonds. The van der Waals surface area contributed by atoms with Crippen LogP contribution in [0.15, 0.2) is 6.07 Å². The van der Waals surface area contributed by atoms with Gasteiger partial charge in [-0.2, -0.15) is 5.10 Å². The summed E-state index contributed by atoms with van der Waals surface area (Å²) < 4.78 is 30.4. The first kappa shape index (κ1) is 12.8. The molecule has 0 bridgehead atoms. The first-order chi connectivity index (χ1) is 8.40. The Labute approximate surface area is 103 Å². The van der Waals surface area contributed by atoms with Crippen molar-refractivity contribution >= 4 is 21.8 Å². The van der Waals surface area contributed by atoms with E-state index in [0.717, 1.165) is 6.07 Å². The van der Waals surface area contributed by atoms with Crippen molar-refractivity contribution in [3.05, 3.63) is 11.8 Å². The Morgan fingerprint density at radius 2 is 2.33 bits per heavy atom. The number of sulfonamides is 1. The van der Waals surface area contributed by atoms with E-state index in [1.165, 1.54) is 7.11 Å². The van der Waals surface area contributed by atoms with Crippen molar-refractivity contribution in [2.75, 3.05) is 18.4 Å². The van der Waals surface area contributed by atoms with Crippen LogP contribution in [-0.2, 0) is 14.8 Å². The monoisotopic (exact) mass is 275 g/mol. The summed E-state index contributed by atoms with van der Waals surface area (Å²) in [5.74, 6) is -1.24. The van der Waals surface area contributed by atoms with Crippen LogP contribution in [0.1, 0.15) is 23.3 Å². The summed E-state index contributed by atoms with van der Waals surface area (Å²) in [6.45, 7) is 0.110. The van der Waals surface area contributed by atoms with Gasteiger partial charge in [0.25, 0.3) is 0 Å². The maximum atomic E-state index is 12.1. The van der Waals surface area contributed by atoms with E-state index in [0.29, 0.717) is 12.8 Å². The normalized spacial score (nSPS) is 17.4. The number of carbonyl (C=O) groups is 1. The van der Waals surface area contributed by atoms with E-state index < -0.39 is 20.7 Å². The first-order valence-corrected chi connectivity index (χ1v) is 6.68. The van der Waals surface area contributed by atoms with Gasteiger partial charge in [-0.25, -0.2) is 13.2 Å². The van der Waals surface area contributed by atoms with E-state index in [2.05, 4.69) is 14.9 Å². The molecule has 1 aliphatic rings. The lowest BCUT2D eigenvalue weighted by Gasteiger charge is -2.15. The minimum absolute atomic E-state index is 0.0326. The molecule has 1 aliphatic carbocycles. The van der Waals surface area contributed by atoms with Crippen LogP contribution in [0.4, 0.5) is 5.82 Å². The van der Waals surface area contributed by atoms with E-state index >= 15 is 0 Å². The largest absolute Gasteiger partial charge is 0.477 e. The average molecular weight is 275 g/mol. The van der Waals surface area contributed by atoms with E-state index in [1.807, 2.05) is 0 Å². The molecule has 0 atom stereocenters. The Balaban J connectivity index is 2.15. The van der Waals surface area contributed by atoms with Gasteiger partial charge in [-0.15, -0.1) is 0 Å². The molecule has 1 heterocycles. The molecule has 0 unspecified atom stereocenters. The van der Waals surface area contributed by atoms with Gasteiger partial charge in [0.1, 0.15) is 10.4 Å². The van der Waals surface area contributed by atoms with Crippen molar-refractivity contribution in [1.29, 1.82) is 0 Å². The van der Waals surface area contributed by atoms with Crippen molar-refractivity contribution in [3.8, 4) is 0 Å². The molecule has 1 aromatic rings. The van der Waals surface area contributed by atoms with Gasteiger partial charge in [-0.3, -0.25) is 9.82 Å². The minimum Gasteiger partial charge on any atom is -0.477 e. The third-order valence-corrected chi connectivity index (χ3v) is 4.98. The maximum absolute atomic E-state index is 12.1. The molecule has 0 spiro atoms. The van der Waals surface area contributed by atoms with Crippen molar-refractivity contribution < 1.29 is 23.1 Å². The third-order valence-electron chi connectivity index (χ3n) is 2.83. The van der Waals surface area contributed by atoms with Crippen LogP contribution in [0, 0.1) is 0 Å². The molecular formula is C9H13N3O5S. The molecule has 0 saturated heterocycles. The molecule has 1 saturated carbocycles. The Morgan fingerprint density at radius 3 is 2.78 bits per heavy atom.